The number of esters is 2. The van der Waals surface area contributed by atoms with Gasteiger partial charge in [-0.2, -0.15) is 0 Å². The van der Waals surface area contributed by atoms with Crippen LogP contribution in [0.3, 0.4) is 0 Å². The number of hydrogen-bond acceptors (Lipinski definition) is 15. The Morgan fingerprint density at radius 3 is 1.50 bits per heavy atom. The minimum atomic E-state index is -1.77. The second-order valence-corrected chi connectivity index (χ2v) is 18.1. The van der Waals surface area contributed by atoms with E-state index in [4.69, 9.17) is 28.4 Å². The zero-order valence-electron chi connectivity index (χ0n) is 41.3. The zero-order valence-corrected chi connectivity index (χ0v) is 41.3. The Kier molecular flexibility index (Phi) is 36.0. The molecule has 2 heterocycles. The van der Waals surface area contributed by atoms with E-state index in [1.165, 1.54) is 64.2 Å². The first kappa shape index (κ1) is 61.3. The Morgan fingerprint density at radius 2 is 0.941 bits per heavy atom. The third-order valence-electron chi connectivity index (χ3n) is 12.1. The lowest BCUT2D eigenvalue weighted by Crippen LogP contribution is -2.61. The minimum absolute atomic E-state index is 0.136. The van der Waals surface area contributed by atoms with Crippen LogP contribution in [0.2, 0.25) is 0 Å². The lowest BCUT2D eigenvalue weighted by molar-refractivity contribution is -0.332. The van der Waals surface area contributed by atoms with Crippen molar-refractivity contribution in [3.63, 3.8) is 0 Å². The molecule has 392 valence electrons. The van der Waals surface area contributed by atoms with E-state index in [0.717, 1.165) is 64.2 Å². The van der Waals surface area contributed by atoms with Crippen molar-refractivity contribution in [3.8, 4) is 0 Å². The third kappa shape index (κ3) is 27.6. The number of carbonyl (C=O) groups excluding carboxylic acids is 2. The van der Waals surface area contributed by atoms with E-state index in [1.807, 2.05) is 36.5 Å². The van der Waals surface area contributed by atoms with Crippen molar-refractivity contribution >= 4 is 11.9 Å². The van der Waals surface area contributed by atoms with E-state index in [0.29, 0.717) is 12.8 Å². The number of aliphatic hydroxyl groups is 7. The summed E-state index contributed by atoms with van der Waals surface area (Å²) < 4.78 is 33.6. The fourth-order valence-electron chi connectivity index (χ4n) is 7.81. The Balaban J connectivity index is 1.81. The molecule has 0 bridgehead atoms. The lowest BCUT2D eigenvalue weighted by Gasteiger charge is -2.42. The van der Waals surface area contributed by atoms with Gasteiger partial charge in [0.2, 0.25) is 0 Å². The lowest BCUT2D eigenvalue weighted by atomic mass is 9.98. The second-order valence-electron chi connectivity index (χ2n) is 18.1. The monoisotopic (exact) mass is 967 g/mol. The zero-order chi connectivity index (χ0) is 49.6. The maximum absolute atomic E-state index is 13.0. The molecule has 0 amide bonds. The molecule has 4 unspecified atom stereocenters. The first-order valence-electron chi connectivity index (χ1n) is 25.9. The van der Waals surface area contributed by atoms with Gasteiger partial charge in [-0.25, -0.2) is 0 Å². The van der Waals surface area contributed by atoms with Crippen molar-refractivity contribution in [2.45, 2.75) is 235 Å². The molecule has 0 aliphatic carbocycles. The number of aliphatic hydroxyl groups excluding tert-OH is 7. The molecule has 0 aromatic heterocycles. The van der Waals surface area contributed by atoms with E-state index >= 15 is 0 Å². The van der Waals surface area contributed by atoms with Crippen LogP contribution >= 0.6 is 0 Å². The molecule has 11 atom stereocenters. The minimum Gasteiger partial charge on any atom is -0.462 e. The van der Waals surface area contributed by atoms with Gasteiger partial charge in [0.05, 0.1) is 19.8 Å². The van der Waals surface area contributed by atoms with Gasteiger partial charge in [0, 0.05) is 12.8 Å². The van der Waals surface area contributed by atoms with Gasteiger partial charge in [-0.1, -0.05) is 158 Å². The Labute approximate surface area is 407 Å². The van der Waals surface area contributed by atoms with Crippen LogP contribution < -0.4 is 0 Å². The van der Waals surface area contributed by atoms with E-state index in [2.05, 4.69) is 38.2 Å². The molecule has 0 spiro atoms. The number of allylic oxidation sites excluding steroid dienone is 10. The topological polar surface area (TPSA) is 231 Å². The SMILES string of the molecule is CC/C=C/C=C/C=C/C=C/CCCCCCCC(=O)O[C@@H](COC(=O)CCCCCCCCCCC/C=C/CCCCCC)CO[C@@H]1O[C@H](CO[C@@H]2O[C@H](CO)[C@H](O)C(O)C2O)[C@H](O)C(O)C1O. The molecule has 0 aromatic carbocycles. The van der Waals surface area contributed by atoms with Crippen LogP contribution in [0.5, 0.6) is 0 Å². The Bertz CT molecular complexity index is 1420. The molecule has 2 aliphatic heterocycles. The summed E-state index contributed by atoms with van der Waals surface area (Å²) in [5, 5.41) is 72.1. The van der Waals surface area contributed by atoms with Gasteiger partial charge in [-0.15, -0.1) is 0 Å². The van der Waals surface area contributed by atoms with Crippen LogP contribution in [-0.4, -0.2) is 142 Å². The van der Waals surface area contributed by atoms with E-state index in [-0.39, 0.29) is 19.4 Å². The fourth-order valence-corrected chi connectivity index (χ4v) is 7.81. The predicted octanol–water partition coefficient (Wildman–Crippen LogP) is 7.27. The van der Waals surface area contributed by atoms with Crippen molar-refractivity contribution in [1.29, 1.82) is 0 Å². The summed E-state index contributed by atoms with van der Waals surface area (Å²) in [4.78, 5) is 25.8. The second kappa shape index (κ2) is 39.9. The van der Waals surface area contributed by atoms with Crippen molar-refractivity contribution in [2.24, 2.45) is 0 Å². The third-order valence-corrected chi connectivity index (χ3v) is 12.1. The van der Waals surface area contributed by atoms with Crippen molar-refractivity contribution < 1.29 is 73.8 Å². The summed E-state index contributed by atoms with van der Waals surface area (Å²) in [5.41, 5.74) is 0. The number of ether oxygens (including phenoxy) is 6. The highest BCUT2D eigenvalue weighted by Gasteiger charge is 2.47. The normalized spacial score (nSPS) is 26.2. The average Bonchev–Trinajstić information content (AvgIpc) is 3.33. The number of carbonyl (C=O) groups is 2. The summed E-state index contributed by atoms with van der Waals surface area (Å²) in [7, 11) is 0. The largest absolute Gasteiger partial charge is 0.462 e. The van der Waals surface area contributed by atoms with Crippen molar-refractivity contribution in [3.05, 3.63) is 60.8 Å². The van der Waals surface area contributed by atoms with Crippen LogP contribution in [0.25, 0.3) is 0 Å². The van der Waals surface area contributed by atoms with Gasteiger partial charge in [0.15, 0.2) is 18.7 Å². The molecule has 0 radical (unpaired) electrons. The van der Waals surface area contributed by atoms with Crippen molar-refractivity contribution in [1.82, 2.24) is 0 Å². The summed E-state index contributed by atoms with van der Waals surface area (Å²) in [6.07, 6.45) is 28.1. The first-order chi connectivity index (χ1) is 33.0. The van der Waals surface area contributed by atoms with E-state index in [9.17, 15) is 45.3 Å². The van der Waals surface area contributed by atoms with Gasteiger partial charge in [-0.05, 0) is 57.8 Å². The van der Waals surface area contributed by atoms with Gasteiger partial charge in [0.1, 0.15) is 55.4 Å². The van der Waals surface area contributed by atoms with Gasteiger partial charge < -0.3 is 64.2 Å². The molecule has 2 rings (SSSR count). The van der Waals surface area contributed by atoms with Gasteiger partial charge >= 0.3 is 11.9 Å². The molecule has 15 heteroatoms. The molecular weight excluding hydrogens is 877 g/mol. The molecular formula is C53H90O15. The standard InChI is InChI=1S/C53H90O15/c1-3-5-7-9-11-13-15-17-19-20-22-23-25-27-29-31-33-35-44(55)63-38-41(66-45(56)36-34-32-30-28-26-24-21-18-16-14-12-10-8-6-4-2)39-64-52-51(62)49(60)47(58)43(68-52)40-65-53-50(61)48(59)46(57)42(37-54)67-53/h6,8,10,12-16,18,21,41-43,46-54,57-62H,3-5,7,9,11,17,19-20,22-40H2,1-2H3/b8-6+,12-10+,15-13+,16-14+,21-18+/t41-,42+,43+,46-,47-,48?,49?,50?,51?,52+,53+/m0/s1. The van der Waals surface area contributed by atoms with Gasteiger partial charge in [-0.3, -0.25) is 9.59 Å². The molecule has 2 fully saturated rings. The van der Waals surface area contributed by atoms with Crippen LogP contribution in [-0.2, 0) is 38.0 Å². The Hall–Kier alpha value is -2.80. The average molecular weight is 967 g/mol. The van der Waals surface area contributed by atoms with Crippen LogP contribution in [0.15, 0.2) is 60.8 Å². The van der Waals surface area contributed by atoms with Crippen LogP contribution in [0.4, 0.5) is 0 Å². The molecule has 2 saturated heterocycles. The highest BCUT2D eigenvalue weighted by molar-refractivity contribution is 5.70. The highest BCUT2D eigenvalue weighted by atomic mass is 16.7. The number of unbranched alkanes of at least 4 members (excludes halogenated alkanes) is 18. The number of hydrogen-bond donors (Lipinski definition) is 7. The fraction of sp³-hybridized carbons (Fsp3) is 0.774. The number of rotatable bonds is 39. The smallest absolute Gasteiger partial charge is 0.306 e. The van der Waals surface area contributed by atoms with Crippen molar-refractivity contribution in [2.75, 3.05) is 26.4 Å². The molecule has 0 saturated carbocycles. The molecule has 2 aliphatic rings. The van der Waals surface area contributed by atoms with E-state index < -0.39 is 99.3 Å². The first-order valence-corrected chi connectivity index (χ1v) is 25.9. The maximum Gasteiger partial charge on any atom is 0.306 e. The van der Waals surface area contributed by atoms with Crippen LogP contribution in [0.1, 0.15) is 168 Å². The molecule has 68 heavy (non-hydrogen) atoms. The molecule has 0 aromatic rings. The van der Waals surface area contributed by atoms with Crippen LogP contribution in [0, 0.1) is 0 Å². The van der Waals surface area contributed by atoms with Gasteiger partial charge in [0.25, 0.3) is 0 Å². The quantitative estimate of drug-likeness (QED) is 0.0139. The summed E-state index contributed by atoms with van der Waals surface area (Å²) in [6.45, 7) is 2.41. The van der Waals surface area contributed by atoms with E-state index in [1.54, 1.807) is 0 Å². The summed E-state index contributed by atoms with van der Waals surface area (Å²) in [6, 6.07) is 0. The summed E-state index contributed by atoms with van der Waals surface area (Å²) >= 11 is 0. The maximum atomic E-state index is 13.0. The highest BCUT2D eigenvalue weighted by Crippen LogP contribution is 2.26. The summed E-state index contributed by atoms with van der Waals surface area (Å²) in [5.74, 6) is -0.957. The Morgan fingerprint density at radius 1 is 0.485 bits per heavy atom. The predicted molar refractivity (Wildman–Crippen MR) is 261 cm³/mol. The molecule has 15 nitrogen and oxygen atoms in total. The molecule has 7 N–H and O–H groups in total.